The van der Waals surface area contributed by atoms with Gasteiger partial charge in [-0.2, -0.15) is 8.78 Å². The maximum atomic E-state index is 12.7. The number of fused-ring (bicyclic) bond motifs is 3. The Balaban J connectivity index is 1.44. The minimum absolute atomic E-state index is 0.0721. The zero-order valence-electron chi connectivity index (χ0n) is 15.2. The van der Waals surface area contributed by atoms with Gasteiger partial charge in [0.1, 0.15) is 0 Å². The van der Waals surface area contributed by atoms with E-state index in [0.29, 0.717) is 16.5 Å². The molecule has 1 aromatic heterocycles. The van der Waals surface area contributed by atoms with Crippen molar-refractivity contribution in [2.24, 2.45) is 5.92 Å². The van der Waals surface area contributed by atoms with Crippen LogP contribution in [0.5, 0.6) is 0 Å². The second-order valence-corrected chi connectivity index (χ2v) is 8.34. The number of nitrogens with zero attached hydrogens (tertiary/aromatic N) is 1. The summed E-state index contributed by atoms with van der Waals surface area (Å²) in [6.07, 6.45) is -0.790. The number of piperidine rings is 3. The molecule has 2 N–H and O–H groups in total. The van der Waals surface area contributed by atoms with Crippen LogP contribution in [0.2, 0.25) is 0 Å². The Morgan fingerprint density at radius 3 is 2.61 bits per heavy atom. The van der Waals surface area contributed by atoms with Gasteiger partial charge < -0.3 is 15.5 Å². The Bertz CT molecular complexity index is 878. The summed E-state index contributed by atoms with van der Waals surface area (Å²) in [5.41, 5.74) is 1.06. The zero-order chi connectivity index (χ0) is 19.7. The first kappa shape index (κ1) is 19.0. The van der Waals surface area contributed by atoms with Gasteiger partial charge in [-0.1, -0.05) is 12.1 Å². The molecule has 3 saturated heterocycles. The highest BCUT2D eigenvalue weighted by atomic mass is 32.1. The van der Waals surface area contributed by atoms with E-state index < -0.39 is 12.3 Å². The molecule has 1 aromatic carbocycles. The van der Waals surface area contributed by atoms with Crippen LogP contribution in [0.4, 0.5) is 14.5 Å². The molecule has 4 heterocycles. The fourth-order valence-corrected chi connectivity index (χ4v) is 4.84. The van der Waals surface area contributed by atoms with Gasteiger partial charge in [-0.25, -0.2) is 0 Å². The number of alkyl halides is 2. The molecule has 2 amide bonds. The number of nitrogens with one attached hydrogen (secondary N) is 2. The molecule has 1 unspecified atom stereocenters. The number of rotatable bonds is 5. The quantitative estimate of drug-likeness (QED) is 0.801. The molecule has 8 heteroatoms. The van der Waals surface area contributed by atoms with Crippen LogP contribution < -0.4 is 10.6 Å². The van der Waals surface area contributed by atoms with Crippen molar-refractivity contribution in [2.75, 3.05) is 25.0 Å². The minimum atomic E-state index is -3.06. The first-order valence-corrected chi connectivity index (χ1v) is 10.1. The van der Waals surface area contributed by atoms with Gasteiger partial charge in [-0.3, -0.25) is 9.59 Å². The van der Waals surface area contributed by atoms with E-state index in [2.05, 4.69) is 15.5 Å². The summed E-state index contributed by atoms with van der Waals surface area (Å²) in [5.74, 6) is -0.846. The van der Waals surface area contributed by atoms with E-state index in [0.717, 1.165) is 42.9 Å². The normalized spacial score (nSPS) is 23.6. The first-order valence-electron chi connectivity index (χ1n) is 9.32. The third-order valence-corrected chi connectivity index (χ3v) is 6.55. The molecular formula is C20H21F2N3O2S. The van der Waals surface area contributed by atoms with Crippen LogP contribution in [0.25, 0.3) is 10.4 Å². The van der Waals surface area contributed by atoms with Gasteiger partial charge in [0.25, 0.3) is 11.8 Å². The molecule has 2 aromatic rings. The lowest BCUT2D eigenvalue weighted by Crippen LogP contribution is -2.57. The van der Waals surface area contributed by atoms with Crippen LogP contribution in [0.3, 0.4) is 0 Å². The molecule has 0 aliphatic carbocycles. The molecular weight excluding hydrogens is 384 g/mol. The number of hydrogen-bond donors (Lipinski definition) is 2. The number of hydrogen-bond acceptors (Lipinski definition) is 4. The zero-order valence-corrected chi connectivity index (χ0v) is 16.0. The smallest absolute Gasteiger partial charge is 0.315 e. The number of benzene rings is 1. The van der Waals surface area contributed by atoms with Crippen LogP contribution in [0.1, 0.15) is 22.5 Å². The molecule has 2 bridgehead atoms. The molecule has 3 aliphatic heterocycles. The van der Waals surface area contributed by atoms with Crippen molar-refractivity contribution >= 4 is 28.8 Å². The van der Waals surface area contributed by atoms with Crippen molar-refractivity contribution in [3.8, 4) is 10.4 Å². The molecule has 28 heavy (non-hydrogen) atoms. The number of amides is 2. The van der Waals surface area contributed by atoms with E-state index in [-0.39, 0.29) is 11.9 Å². The van der Waals surface area contributed by atoms with E-state index in [1.807, 2.05) is 12.1 Å². The Morgan fingerprint density at radius 1 is 1.14 bits per heavy atom. The Morgan fingerprint density at radius 2 is 1.93 bits per heavy atom. The van der Waals surface area contributed by atoms with E-state index >= 15 is 0 Å². The maximum Gasteiger partial charge on any atom is 0.315 e. The molecule has 0 radical (unpaired) electrons. The SMILES string of the molecule is O=C(NC1CN2CCC1CC2)c1ccc(-c2cccc(NC(=O)C(F)F)c2)s1. The predicted octanol–water partition coefficient (Wildman–Crippen LogP) is 3.44. The standard InChI is InChI=1S/C20H21F2N3O2S/c21-18(22)20(27)23-14-3-1-2-13(10-14)16-4-5-17(28-16)19(26)24-15-11-25-8-6-12(15)7-9-25/h1-5,10,12,15,18H,6-9,11H2,(H,23,27)(H,24,26). The first-order chi connectivity index (χ1) is 13.5. The largest absolute Gasteiger partial charge is 0.347 e. The van der Waals surface area contributed by atoms with Gasteiger partial charge in [-0.15, -0.1) is 11.3 Å². The monoisotopic (exact) mass is 405 g/mol. The lowest BCUT2D eigenvalue weighted by Gasteiger charge is -2.44. The topological polar surface area (TPSA) is 61.4 Å². The van der Waals surface area contributed by atoms with E-state index in [1.165, 1.54) is 11.3 Å². The maximum absolute atomic E-state index is 12.7. The van der Waals surface area contributed by atoms with Crippen molar-refractivity contribution in [3.05, 3.63) is 41.3 Å². The highest BCUT2D eigenvalue weighted by Gasteiger charge is 2.35. The highest BCUT2D eigenvalue weighted by molar-refractivity contribution is 7.17. The molecule has 1 atom stereocenters. The van der Waals surface area contributed by atoms with Crippen molar-refractivity contribution < 1.29 is 18.4 Å². The molecule has 0 spiro atoms. The van der Waals surface area contributed by atoms with Gasteiger partial charge in [0, 0.05) is 23.2 Å². The number of thiophene rings is 1. The highest BCUT2D eigenvalue weighted by Crippen LogP contribution is 2.31. The summed E-state index contributed by atoms with van der Waals surface area (Å²) < 4.78 is 24.8. The van der Waals surface area contributed by atoms with Crippen LogP contribution in [-0.2, 0) is 4.79 Å². The van der Waals surface area contributed by atoms with Gasteiger partial charge in [0.2, 0.25) is 0 Å². The summed E-state index contributed by atoms with van der Waals surface area (Å²) >= 11 is 1.35. The second kappa shape index (κ2) is 7.97. The second-order valence-electron chi connectivity index (χ2n) is 7.25. The van der Waals surface area contributed by atoms with E-state index in [4.69, 9.17) is 0 Å². The van der Waals surface area contributed by atoms with Gasteiger partial charge in [0.05, 0.1) is 4.88 Å². The average molecular weight is 405 g/mol. The minimum Gasteiger partial charge on any atom is -0.347 e. The third kappa shape index (κ3) is 4.07. The number of anilines is 1. The van der Waals surface area contributed by atoms with Crippen molar-refractivity contribution in [1.82, 2.24) is 10.2 Å². The fourth-order valence-electron chi connectivity index (χ4n) is 3.93. The number of carbonyl (C=O) groups is 2. The van der Waals surface area contributed by atoms with Gasteiger partial charge >= 0.3 is 6.43 Å². The number of halogens is 2. The predicted molar refractivity (Wildman–Crippen MR) is 105 cm³/mol. The lowest BCUT2D eigenvalue weighted by molar-refractivity contribution is -0.126. The fraction of sp³-hybridized carbons (Fsp3) is 0.400. The lowest BCUT2D eigenvalue weighted by atomic mass is 9.84. The Hall–Kier alpha value is -2.32. The van der Waals surface area contributed by atoms with E-state index in [9.17, 15) is 18.4 Å². The molecule has 0 saturated carbocycles. The number of carbonyl (C=O) groups excluding carboxylic acids is 2. The van der Waals surface area contributed by atoms with Crippen molar-refractivity contribution in [2.45, 2.75) is 25.3 Å². The van der Waals surface area contributed by atoms with Crippen molar-refractivity contribution in [3.63, 3.8) is 0 Å². The summed E-state index contributed by atoms with van der Waals surface area (Å²) in [4.78, 5) is 27.7. The Labute approximate surface area is 165 Å². The average Bonchev–Trinajstić information content (AvgIpc) is 3.19. The Kier molecular flexibility index (Phi) is 5.41. The van der Waals surface area contributed by atoms with E-state index in [1.54, 1.807) is 24.3 Å². The third-order valence-electron chi connectivity index (χ3n) is 5.42. The summed E-state index contributed by atoms with van der Waals surface area (Å²) in [7, 11) is 0. The molecule has 5 rings (SSSR count). The van der Waals surface area contributed by atoms with Crippen molar-refractivity contribution in [1.29, 1.82) is 0 Å². The molecule has 148 valence electrons. The summed E-state index contributed by atoms with van der Waals surface area (Å²) in [6.45, 7) is 3.16. The van der Waals surface area contributed by atoms with Gasteiger partial charge in [0.15, 0.2) is 0 Å². The summed E-state index contributed by atoms with van der Waals surface area (Å²) in [5, 5.41) is 5.35. The van der Waals surface area contributed by atoms with Crippen LogP contribution in [-0.4, -0.2) is 48.8 Å². The van der Waals surface area contributed by atoms with Gasteiger partial charge in [-0.05, 0) is 61.7 Å². The molecule has 5 nitrogen and oxygen atoms in total. The van der Waals surface area contributed by atoms with Crippen LogP contribution in [0, 0.1) is 5.92 Å². The van der Waals surface area contributed by atoms with Crippen LogP contribution >= 0.6 is 11.3 Å². The van der Waals surface area contributed by atoms with Crippen LogP contribution in [0.15, 0.2) is 36.4 Å². The molecule has 3 aliphatic rings. The molecule has 3 fully saturated rings. The summed E-state index contributed by atoms with van der Waals surface area (Å²) in [6, 6.07) is 10.5.